The van der Waals surface area contributed by atoms with Gasteiger partial charge in [0.2, 0.25) is 5.82 Å². The Hall–Kier alpha value is -2.16. The van der Waals surface area contributed by atoms with Gasteiger partial charge in [0.05, 0.1) is 11.0 Å². The molecule has 2 rings (SSSR count). The van der Waals surface area contributed by atoms with Crippen molar-refractivity contribution in [2.75, 3.05) is 18.6 Å². The van der Waals surface area contributed by atoms with Crippen molar-refractivity contribution < 1.29 is 19.6 Å². The van der Waals surface area contributed by atoms with Gasteiger partial charge in [0.15, 0.2) is 0 Å². The second kappa shape index (κ2) is 5.68. The number of aliphatic carboxylic acids is 1. The Morgan fingerprint density at radius 3 is 2.76 bits per heavy atom. The Morgan fingerprint density at radius 1 is 1.62 bits per heavy atom. The van der Waals surface area contributed by atoms with Crippen LogP contribution in [0.3, 0.4) is 0 Å². The molecule has 2 unspecified atom stereocenters. The summed E-state index contributed by atoms with van der Waals surface area (Å²) in [6.07, 6.45) is 0.421. The molecule has 0 spiro atoms. The summed E-state index contributed by atoms with van der Waals surface area (Å²) in [6, 6.07) is -0.853. The first kappa shape index (κ1) is 15.2. The fourth-order valence-corrected chi connectivity index (χ4v) is 2.74. The zero-order valence-electron chi connectivity index (χ0n) is 12.1. The maximum absolute atomic E-state index is 11.4. The van der Waals surface area contributed by atoms with Gasteiger partial charge >= 0.3 is 11.7 Å². The molecule has 0 amide bonds. The lowest BCUT2D eigenvalue weighted by molar-refractivity contribution is -0.384. The third-order valence-electron chi connectivity index (χ3n) is 3.73. The molecule has 1 aliphatic rings. The predicted octanol–water partition coefficient (Wildman–Crippen LogP) is 0.569. The maximum atomic E-state index is 11.4. The zero-order valence-corrected chi connectivity index (χ0v) is 12.1. The number of nitro groups is 1. The lowest BCUT2D eigenvalue weighted by Crippen LogP contribution is -2.37. The molecule has 9 nitrogen and oxygen atoms in total. The van der Waals surface area contributed by atoms with Crippen molar-refractivity contribution in [2.45, 2.75) is 31.9 Å². The summed E-state index contributed by atoms with van der Waals surface area (Å²) < 4.78 is 6.59. The second-order valence-corrected chi connectivity index (χ2v) is 4.95. The monoisotopic (exact) mass is 298 g/mol. The van der Waals surface area contributed by atoms with Crippen molar-refractivity contribution in [1.29, 1.82) is 0 Å². The Morgan fingerprint density at radius 2 is 2.29 bits per heavy atom. The number of carboxylic acids is 1. The molecule has 9 heteroatoms. The average Bonchev–Trinajstić information content (AvgIpc) is 2.98. The number of aromatic nitrogens is 2. The number of rotatable bonds is 5. The Kier molecular flexibility index (Phi) is 4.12. The number of nitrogens with zero attached hydrogens (tertiary/aromatic N) is 4. The van der Waals surface area contributed by atoms with E-state index >= 15 is 0 Å². The van der Waals surface area contributed by atoms with Crippen molar-refractivity contribution in [3.8, 4) is 0 Å². The number of anilines is 1. The quantitative estimate of drug-likeness (QED) is 0.624. The van der Waals surface area contributed by atoms with Gasteiger partial charge in [-0.1, -0.05) is 6.92 Å². The van der Waals surface area contributed by atoms with E-state index in [2.05, 4.69) is 5.10 Å². The fourth-order valence-electron chi connectivity index (χ4n) is 2.74. The number of hydrogen-bond donors (Lipinski definition) is 1. The molecule has 1 aromatic rings. The van der Waals surface area contributed by atoms with E-state index in [4.69, 9.17) is 4.74 Å². The first-order valence-electron chi connectivity index (χ1n) is 6.63. The van der Waals surface area contributed by atoms with Crippen LogP contribution in [0.5, 0.6) is 0 Å². The second-order valence-electron chi connectivity index (χ2n) is 4.95. The van der Waals surface area contributed by atoms with Crippen LogP contribution in [0, 0.1) is 10.1 Å². The molecule has 1 fully saturated rings. The molecule has 2 heterocycles. The van der Waals surface area contributed by atoms with Gasteiger partial charge in [0.25, 0.3) is 0 Å². The number of carboxylic acid groups (broad SMARTS) is 1. The topological polar surface area (TPSA) is 111 Å². The summed E-state index contributed by atoms with van der Waals surface area (Å²) >= 11 is 0. The largest absolute Gasteiger partial charge is 0.480 e. The normalized spacial score (nSPS) is 21.8. The smallest absolute Gasteiger partial charge is 0.334 e. The predicted molar refractivity (Wildman–Crippen MR) is 73.4 cm³/mol. The van der Waals surface area contributed by atoms with E-state index in [9.17, 15) is 20.0 Å². The molecule has 1 aliphatic heterocycles. The standard InChI is InChI=1S/C12H18N4O5/c1-4-8-10(16(19)20)11(14(2)13-8)15-6-7(21-3)5-9(15)12(17)18/h7,9H,4-6H2,1-3H3,(H,17,18). The molecular formula is C12H18N4O5. The molecule has 0 bridgehead atoms. The van der Waals surface area contributed by atoms with Crippen molar-refractivity contribution >= 4 is 17.5 Å². The Balaban J connectivity index is 2.51. The minimum atomic E-state index is -1.02. The highest BCUT2D eigenvalue weighted by Crippen LogP contribution is 2.36. The lowest BCUT2D eigenvalue weighted by Gasteiger charge is -2.22. The van der Waals surface area contributed by atoms with Gasteiger partial charge in [-0.25, -0.2) is 9.48 Å². The molecule has 1 N–H and O–H groups in total. The van der Waals surface area contributed by atoms with E-state index in [0.717, 1.165) is 0 Å². The average molecular weight is 298 g/mol. The SMILES string of the molecule is CCc1nn(C)c(N2CC(OC)CC2C(=O)O)c1[N+](=O)[O-]. The molecule has 0 aromatic carbocycles. The molecule has 2 atom stereocenters. The van der Waals surface area contributed by atoms with E-state index < -0.39 is 16.9 Å². The van der Waals surface area contributed by atoms with Crippen LogP contribution in [0.1, 0.15) is 19.0 Å². The first-order valence-corrected chi connectivity index (χ1v) is 6.63. The van der Waals surface area contributed by atoms with Crippen LogP contribution in [-0.2, 0) is 23.0 Å². The molecule has 0 radical (unpaired) electrons. The van der Waals surface area contributed by atoms with Gasteiger partial charge in [-0.2, -0.15) is 5.10 Å². The lowest BCUT2D eigenvalue weighted by atomic mass is 10.2. The summed E-state index contributed by atoms with van der Waals surface area (Å²) in [5, 5.41) is 24.8. The highest BCUT2D eigenvalue weighted by molar-refractivity contribution is 5.80. The Labute approximate surface area is 121 Å². The molecule has 0 aliphatic carbocycles. The van der Waals surface area contributed by atoms with Crippen LogP contribution < -0.4 is 4.90 Å². The number of aryl methyl sites for hydroxylation is 2. The van der Waals surface area contributed by atoms with E-state index in [1.807, 2.05) is 0 Å². The van der Waals surface area contributed by atoms with Gasteiger partial charge in [0, 0.05) is 27.1 Å². The van der Waals surface area contributed by atoms with Crippen LogP contribution in [-0.4, -0.2) is 51.6 Å². The highest BCUT2D eigenvalue weighted by atomic mass is 16.6. The third-order valence-corrected chi connectivity index (χ3v) is 3.73. The first-order chi connectivity index (χ1) is 9.90. The summed E-state index contributed by atoms with van der Waals surface area (Å²) in [5.74, 6) is -0.799. The molecule has 116 valence electrons. The minimum Gasteiger partial charge on any atom is -0.480 e. The summed E-state index contributed by atoms with van der Waals surface area (Å²) in [6.45, 7) is 2.06. The van der Waals surface area contributed by atoms with Crippen LogP contribution in [0.25, 0.3) is 0 Å². The number of hydrogen-bond acceptors (Lipinski definition) is 6. The van der Waals surface area contributed by atoms with Crippen molar-refractivity contribution in [2.24, 2.45) is 7.05 Å². The highest BCUT2D eigenvalue weighted by Gasteiger charge is 2.42. The van der Waals surface area contributed by atoms with Gasteiger partial charge < -0.3 is 14.7 Å². The van der Waals surface area contributed by atoms with Crippen LogP contribution in [0.15, 0.2) is 0 Å². The number of methoxy groups -OCH3 is 1. The zero-order chi connectivity index (χ0) is 15.7. The molecule has 0 saturated carbocycles. The van der Waals surface area contributed by atoms with E-state index in [-0.39, 0.29) is 30.6 Å². The van der Waals surface area contributed by atoms with Gasteiger partial charge in [-0.15, -0.1) is 0 Å². The molecule has 1 saturated heterocycles. The third kappa shape index (κ3) is 2.56. The van der Waals surface area contributed by atoms with E-state index in [1.54, 1.807) is 14.0 Å². The van der Waals surface area contributed by atoms with Gasteiger partial charge in [-0.3, -0.25) is 10.1 Å². The van der Waals surface area contributed by atoms with Crippen LogP contribution >= 0.6 is 0 Å². The van der Waals surface area contributed by atoms with E-state index in [1.165, 1.54) is 16.7 Å². The minimum absolute atomic E-state index is 0.122. The number of carbonyl (C=O) groups is 1. The maximum Gasteiger partial charge on any atom is 0.334 e. The van der Waals surface area contributed by atoms with Crippen LogP contribution in [0.2, 0.25) is 0 Å². The van der Waals surface area contributed by atoms with Crippen LogP contribution in [0.4, 0.5) is 11.5 Å². The van der Waals surface area contributed by atoms with Crippen molar-refractivity contribution in [3.05, 3.63) is 15.8 Å². The van der Waals surface area contributed by atoms with Crippen molar-refractivity contribution in [3.63, 3.8) is 0 Å². The van der Waals surface area contributed by atoms with Gasteiger partial charge in [0.1, 0.15) is 11.7 Å². The number of ether oxygens (including phenoxy) is 1. The molecule has 21 heavy (non-hydrogen) atoms. The fraction of sp³-hybridized carbons (Fsp3) is 0.667. The molecular weight excluding hydrogens is 280 g/mol. The van der Waals surface area contributed by atoms with E-state index in [0.29, 0.717) is 12.1 Å². The van der Waals surface area contributed by atoms with Gasteiger partial charge in [-0.05, 0) is 6.42 Å². The summed E-state index contributed by atoms with van der Waals surface area (Å²) in [4.78, 5) is 23.8. The molecule has 1 aromatic heterocycles. The Bertz CT molecular complexity index is 570. The van der Waals surface area contributed by atoms with Crippen molar-refractivity contribution in [1.82, 2.24) is 9.78 Å². The summed E-state index contributed by atoms with van der Waals surface area (Å²) in [5.41, 5.74) is 0.227. The summed E-state index contributed by atoms with van der Waals surface area (Å²) in [7, 11) is 3.09.